The van der Waals surface area contributed by atoms with E-state index in [2.05, 4.69) is 10.3 Å². The molecule has 10 nitrogen and oxygen atoms in total. The quantitative estimate of drug-likeness (QED) is 0.334. The molecule has 0 spiro atoms. The summed E-state index contributed by atoms with van der Waals surface area (Å²) >= 11 is 0. The van der Waals surface area contributed by atoms with E-state index >= 15 is 0 Å². The van der Waals surface area contributed by atoms with Crippen LogP contribution < -0.4 is 4.74 Å². The first-order valence-corrected chi connectivity index (χ1v) is 14.6. The SMILES string of the molecule is CCOC(=O)C[C@@H](c1ccc(C)c(CN2C[C@@H](C)Oc3ccccc3S2(=O)=O)c1)c1cc(O)c2c(c1)nnn2C. The Balaban J connectivity index is 1.55. The molecule has 2 heterocycles. The van der Waals surface area contributed by atoms with Gasteiger partial charge in [-0.15, -0.1) is 5.10 Å². The van der Waals surface area contributed by atoms with Crippen LogP contribution in [0.15, 0.2) is 59.5 Å². The molecule has 0 bridgehead atoms. The van der Waals surface area contributed by atoms with Crippen LogP contribution in [0.2, 0.25) is 0 Å². The monoisotopic (exact) mass is 564 g/mol. The van der Waals surface area contributed by atoms with Crippen molar-refractivity contribution in [2.45, 2.75) is 50.7 Å². The third-order valence-corrected chi connectivity index (χ3v) is 9.01. The van der Waals surface area contributed by atoms with Crippen LogP contribution in [0.1, 0.15) is 48.4 Å². The summed E-state index contributed by atoms with van der Waals surface area (Å²) in [6.45, 7) is 6.08. The lowest BCUT2D eigenvalue weighted by atomic mass is 9.86. The van der Waals surface area contributed by atoms with Gasteiger partial charge in [0.2, 0.25) is 10.0 Å². The minimum Gasteiger partial charge on any atom is -0.506 e. The van der Waals surface area contributed by atoms with Gasteiger partial charge >= 0.3 is 5.97 Å². The maximum absolute atomic E-state index is 13.6. The first-order valence-electron chi connectivity index (χ1n) is 13.1. The number of rotatable bonds is 7. The Kier molecular flexibility index (Phi) is 7.52. The van der Waals surface area contributed by atoms with E-state index in [0.29, 0.717) is 22.3 Å². The summed E-state index contributed by atoms with van der Waals surface area (Å²) < 4.78 is 41.4. The Hall–Kier alpha value is -3.96. The maximum atomic E-state index is 13.6. The maximum Gasteiger partial charge on any atom is 0.306 e. The van der Waals surface area contributed by atoms with Crippen LogP contribution in [0.4, 0.5) is 0 Å². The van der Waals surface area contributed by atoms with E-state index in [1.165, 1.54) is 8.99 Å². The smallest absolute Gasteiger partial charge is 0.306 e. The van der Waals surface area contributed by atoms with Gasteiger partial charge in [-0.1, -0.05) is 35.5 Å². The fraction of sp³-hybridized carbons (Fsp3) is 0.345. The highest BCUT2D eigenvalue weighted by atomic mass is 32.2. The number of para-hydroxylation sites is 1. The van der Waals surface area contributed by atoms with Gasteiger partial charge in [0.15, 0.2) is 0 Å². The van der Waals surface area contributed by atoms with Gasteiger partial charge in [-0.25, -0.2) is 13.1 Å². The average Bonchev–Trinajstić information content (AvgIpc) is 3.25. The minimum atomic E-state index is -3.82. The number of ether oxygens (including phenoxy) is 2. The van der Waals surface area contributed by atoms with E-state index in [1.54, 1.807) is 50.4 Å². The third-order valence-electron chi connectivity index (χ3n) is 7.16. The summed E-state index contributed by atoms with van der Waals surface area (Å²) in [5.41, 5.74) is 4.16. The van der Waals surface area contributed by atoms with Gasteiger partial charge in [0.05, 0.1) is 19.6 Å². The normalized spacial score (nSPS) is 17.6. The van der Waals surface area contributed by atoms with Crippen molar-refractivity contribution in [3.05, 3.63) is 76.9 Å². The largest absolute Gasteiger partial charge is 0.506 e. The standard InChI is InChI=1S/C29H32N4O6S/c1-5-38-28(35)15-23(21-13-24-29(25(34)14-21)32(4)31-30-24)20-11-10-18(2)22(12-20)17-33-16-19(3)39-26-8-6-7-9-27(26)40(33,36)37/h6-14,19,23,34H,5,15-17H2,1-4H3/t19-,23+/m1/s1. The Labute approximate surface area is 233 Å². The molecule has 40 heavy (non-hydrogen) atoms. The number of aryl methyl sites for hydroxylation is 2. The summed E-state index contributed by atoms with van der Waals surface area (Å²) in [6, 6.07) is 15.8. The van der Waals surface area contributed by atoms with Crippen molar-refractivity contribution in [1.29, 1.82) is 0 Å². The molecule has 4 aromatic rings. The molecule has 1 aliphatic heterocycles. The summed E-state index contributed by atoms with van der Waals surface area (Å²) in [5.74, 6) is -0.508. The molecule has 210 valence electrons. The Morgan fingerprint density at radius 2 is 1.95 bits per heavy atom. The highest BCUT2D eigenvalue weighted by Gasteiger charge is 2.33. The molecule has 3 aromatic carbocycles. The van der Waals surface area contributed by atoms with Crippen molar-refractivity contribution in [2.75, 3.05) is 13.2 Å². The molecule has 0 saturated heterocycles. The van der Waals surface area contributed by atoms with E-state index in [-0.39, 0.29) is 48.8 Å². The number of carbonyl (C=O) groups is 1. The predicted molar refractivity (Wildman–Crippen MR) is 149 cm³/mol. The summed E-state index contributed by atoms with van der Waals surface area (Å²) in [7, 11) is -2.13. The molecule has 5 rings (SSSR count). The number of esters is 1. The van der Waals surface area contributed by atoms with E-state index < -0.39 is 15.9 Å². The fourth-order valence-electron chi connectivity index (χ4n) is 5.17. The van der Waals surface area contributed by atoms with E-state index in [1.807, 2.05) is 32.0 Å². The average molecular weight is 565 g/mol. The van der Waals surface area contributed by atoms with Crippen LogP contribution in [0.5, 0.6) is 11.5 Å². The number of sulfonamides is 1. The number of carbonyl (C=O) groups excluding carboxylic acids is 1. The summed E-state index contributed by atoms with van der Waals surface area (Å²) in [5, 5.41) is 18.9. The molecular weight excluding hydrogens is 532 g/mol. The molecule has 1 aliphatic rings. The van der Waals surface area contributed by atoms with Gasteiger partial charge < -0.3 is 14.6 Å². The number of hydrogen-bond acceptors (Lipinski definition) is 8. The number of aromatic nitrogens is 3. The Morgan fingerprint density at radius 1 is 1.18 bits per heavy atom. The highest BCUT2D eigenvalue weighted by Crippen LogP contribution is 2.36. The molecule has 0 saturated carbocycles. The van der Waals surface area contributed by atoms with Gasteiger partial charge in [0.1, 0.15) is 33.5 Å². The van der Waals surface area contributed by atoms with Crippen molar-refractivity contribution in [3.63, 3.8) is 0 Å². The van der Waals surface area contributed by atoms with E-state index in [4.69, 9.17) is 9.47 Å². The van der Waals surface area contributed by atoms with Crippen LogP contribution in [0.3, 0.4) is 0 Å². The second-order valence-electron chi connectivity index (χ2n) is 10.0. The van der Waals surface area contributed by atoms with Gasteiger partial charge in [0.25, 0.3) is 0 Å². The number of nitrogens with zero attached hydrogens (tertiary/aromatic N) is 4. The zero-order valence-electron chi connectivity index (χ0n) is 22.9. The number of aromatic hydroxyl groups is 1. The van der Waals surface area contributed by atoms with Crippen molar-refractivity contribution >= 4 is 27.0 Å². The zero-order valence-corrected chi connectivity index (χ0v) is 23.7. The molecule has 11 heteroatoms. The van der Waals surface area contributed by atoms with E-state index in [0.717, 1.165) is 16.7 Å². The van der Waals surface area contributed by atoms with Gasteiger partial charge in [-0.05, 0) is 67.3 Å². The molecule has 1 N–H and O–H groups in total. The lowest BCUT2D eigenvalue weighted by molar-refractivity contribution is -0.143. The predicted octanol–water partition coefficient (Wildman–Crippen LogP) is 4.04. The topological polar surface area (TPSA) is 124 Å². The molecule has 0 unspecified atom stereocenters. The van der Waals surface area contributed by atoms with E-state index in [9.17, 15) is 18.3 Å². The lowest BCUT2D eigenvalue weighted by Crippen LogP contribution is -2.35. The second-order valence-corrected chi connectivity index (χ2v) is 11.9. The van der Waals surface area contributed by atoms with Crippen LogP contribution >= 0.6 is 0 Å². The van der Waals surface area contributed by atoms with Crippen molar-refractivity contribution in [1.82, 2.24) is 19.3 Å². The Morgan fingerprint density at radius 3 is 2.73 bits per heavy atom. The molecule has 0 amide bonds. The Bertz CT molecular complexity index is 1680. The highest BCUT2D eigenvalue weighted by molar-refractivity contribution is 7.89. The molecule has 0 aliphatic carbocycles. The number of fused-ring (bicyclic) bond motifs is 2. The summed E-state index contributed by atoms with van der Waals surface area (Å²) in [6.07, 6.45) is -0.317. The van der Waals surface area contributed by atoms with Crippen molar-refractivity contribution in [3.8, 4) is 11.5 Å². The third kappa shape index (κ3) is 5.26. The number of benzene rings is 3. The van der Waals surface area contributed by atoms with Gasteiger partial charge in [-0.3, -0.25) is 4.79 Å². The van der Waals surface area contributed by atoms with Crippen LogP contribution in [0, 0.1) is 6.92 Å². The zero-order chi connectivity index (χ0) is 28.6. The van der Waals surface area contributed by atoms with Gasteiger partial charge in [-0.2, -0.15) is 4.31 Å². The molecular formula is C29H32N4O6S. The van der Waals surface area contributed by atoms with Crippen LogP contribution in [-0.2, 0) is 33.1 Å². The van der Waals surface area contributed by atoms with Crippen LogP contribution in [0.25, 0.3) is 11.0 Å². The number of phenolic OH excluding ortho intramolecular Hbond substituents is 1. The van der Waals surface area contributed by atoms with Crippen molar-refractivity contribution in [2.24, 2.45) is 7.05 Å². The van der Waals surface area contributed by atoms with Gasteiger partial charge in [0, 0.05) is 19.5 Å². The molecule has 0 radical (unpaired) electrons. The lowest BCUT2D eigenvalue weighted by Gasteiger charge is -2.24. The fourth-order valence-corrected chi connectivity index (χ4v) is 6.78. The molecule has 0 fully saturated rings. The number of phenols is 1. The second kappa shape index (κ2) is 10.9. The van der Waals surface area contributed by atoms with Crippen LogP contribution in [-0.4, -0.2) is 58.0 Å². The van der Waals surface area contributed by atoms with Crippen molar-refractivity contribution < 1.29 is 27.8 Å². The first kappa shape index (κ1) is 27.6. The molecule has 1 aromatic heterocycles. The first-order chi connectivity index (χ1) is 19.1. The minimum absolute atomic E-state index is 0.00417. The molecule has 2 atom stereocenters. The number of hydrogen-bond donors (Lipinski definition) is 1. The summed E-state index contributed by atoms with van der Waals surface area (Å²) in [4.78, 5) is 12.8.